The van der Waals surface area contributed by atoms with Gasteiger partial charge in [0.15, 0.2) is 16.6 Å². The summed E-state index contributed by atoms with van der Waals surface area (Å²) >= 11 is 1.29. The van der Waals surface area contributed by atoms with Crippen LogP contribution in [0.3, 0.4) is 0 Å². The Bertz CT molecular complexity index is 666. The van der Waals surface area contributed by atoms with Crippen LogP contribution < -0.4 is 9.47 Å². The van der Waals surface area contributed by atoms with Crippen LogP contribution in [0.15, 0.2) is 54.6 Å². The molecule has 0 aliphatic rings. The van der Waals surface area contributed by atoms with E-state index in [0.717, 1.165) is 11.1 Å². The van der Waals surface area contributed by atoms with Gasteiger partial charge in [0.1, 0.15) is 6.61 Å². The molecule has 0 aromatic heterocycles. The van der Waals surface area contributed by atoms with E-state index >= 15 is 0 Å². The van der Waals surface area contributed by atoms with Crippen molar-refractivity contribution in [3.05, 3.63) is 65.7 Å². The van der Waals surface area contributed by atoms with E-state index in [1.165, 1.54) is 11.8 Å². The fraction of sp³-hybridized carbons (Fsp3) is 0.211. The second kappa shape index (κ2) is 9.06. The zero-order chi connectivity index (χ0) is 16.5. The van der Waals surface area contributed by atoms with Gasteiger partial charge in [-0.3, -0.25) is 4.79 Å². The van der Waals surface area contributed by atoms with Crippen LogP contribution in [-0.4, -0.2) is 18.0 Å². The Morgan fingerprint density at radius 1 is 1.13 bits per heavy atom. The maximum Gasteiger partial charge on any atom is 0.186 e. The van der Waals surface area contributed by atoms with E-state index in [2.05, 4.69) is 0 Å². The zero-order valence-electron chi connectivity index (χ0n) is 13.3. The van der Waals surface area contributed by atoms with E-state index in [0.29, 0.717) is 23.9 Å². The van der Waals surface area contributed by atoms with Gasteiger partial charge in [-0.05, 0) is 23.3 Å². The number of hydrogen-bond acceptors (Lipinski definition) is 4. The molecule has 3 nitrogen and oxygen atoms in total. The van der Waals surface area contributed by atoms with Gasteiger partial charge in [-0.1, -0.05) is 60.3 Å². The molecule has 0 radical (unpaired) electrons. The quantitative estimate of drug-likeness (QED) is 0.746. The number of thioether (sulfide) groups is 1. The van der Waals surface area contributed by atoms with Crippen LogP contribution in [0.2, 0.25) is 0 Å². The minimum absolute atomic E-state index is 0.122. The van der Waals surface area contributed by atoms with Crippen molar-refractivity contribution < 1.29 is 14.3 Å². The highest BCUT2D eigenvalue weighted by Crippen LogP contribution is 2.29. The van der Waals surface area contributed by atoms with Gasteiger partial charge >= 0.3 is 0 Å². The summed E-state index contributed by atoms with van der Waals surface area (Å²) in [6.45, 7) is 2.07. The van der Waals surface area contributed by atoms with Crippen molar-refractivity contribution in [2.24, 2.45) is 0 Å². The molecule has 0 spiro atoms. The number of carbonyl (C=O) groups excluding carboxylic acids is 1. The fourth-order valence-electron chi connectivity index (χ4n) is 1.99. The molecule has 0 amide bonds. The Balaban J connectivity index is 2.00. The topological polar surface area (TPSA) is 35.5 Å². The molecule has 0 unspecified atom stereocenters. The van der Waals surface area contributed by atoms with E-state index in [1.807, 2.05) is 60.7 Å². The van der Waals surface area contributed by atoms with E-state index < -0.39 is 0 Å². The molecule has 23 heavy (non-hydrogen) atoms. The lowest BCUT2D eigenvalue weighted by molar-refractivity contribution is -0.109. The Labute approximate surface area is 141 Å². The highest BCUT2D eigenvalue weighted by molar-refractivity contribution is 8.13. The Hall–Kier alpha value is -2.20. The van der Waals surface area contributed by atoms with Gasteiger partial charge in [-0.2, -0.15) is 0 Å². The third-order valence-electron chi connectivity index (χ3n) is 3.12. The second-order valence-electron chi connectivity index (χ2n) is 4.89. The standard InChI is InChI=1S/C19H20O3S/c1-15(20)23-12-6-9-16-10-11-18(19(13-16)21-2)22-14-17-7-4-3-5-8-17/h3-11,13H,12,14H2,1-2H3. The normalized spacial score (nSPS) is 10.7. The summed E-state index contributed by atoms with van der Waals surface area (Å²) in [7, 11) is 1.63. The lowest BCUT2D eigenvalue weighted by atomic mass is 10.2. The second-order valence-corrected chi connectivity index (χ2v) is 6.09. The summed E-state index contributed by atoms with van der Waals surface area (Å²) in [6, 6.07) is 15.8. The van der Waals surface area contributed by atoms with E-state index in [-0.39, 0.29) is 5.12 Å². The zero-order valence-corrected chi connectivity index (χ0v) is 14.1. The average molecular weight is 328 g/mol. The molecule has 0 saturated carbocycles. The summed E-state index contributed by atoms with van der Waals surface area (Å²) in [5.74, 6) is 2.08. The van der Waals surface area contributed by atoms with Crippen molar-refractivity contribution in [3.8, 4) is 11.5 Å². The molecular formula is C19H20O3S. The number of benzene rings is 2. The lowest BCUT2D eigenvalue weighted by Crippen LogP contribution is -1.97. The molecule has 2 rings (SSSR count). The van der Waals surface area contributed by atoms with Gasteiger partial charge < -0.3 is 9.47 Å². The number of methoxy groups -OCH3 is 1. The molecule has 0 atom stereocenters. The third-order valence-corrected chi connectivity index (χ3v) is 3.88. The summed E-state index contributed by atoms with van der Waals surface area (Å²) in [4.78, 5) is 10.9. The first-order valence-corrected chi connectivity index (χ1v) is 8.32. The summed E-state index contributed by atoms with van der Waals surface area (Å²) < 4.78 is 11.2. The molecule has 0 N–H and O–H groups in total. The molecule has 0 saturated heterocycles. The molecule has 0 bridgehead atoms. The van der Waals surface area contributed by atoms with Crippen molar-refractivity contribution in [2.45, 2.75) is 13.5 Å². The Kier molecular flexibility index (Phi) is 6.76. The number of hydrogen-bond donors (Lipinski definition) is 0. The number of rotatable bonds is 7. The minimum atomic E-state index is 0.122. The Morgan fingerprint density at radius 2 is 1.91 bits per heavy atom. The van der Waals surface area contributed by atoms with Crippen LogP contribution in [0.5, 0.6) is 11.5 Å². The molecule has 4 heteroatoms. The smallest absolute Gasteiger partial charge is 0.186 e. The minimum Gasteiger partial charge on any atom is -0.493 e. The predicted molar refractivity (Wildman–Crippen MR) is 95.9 cm³/mol. The van der Waals surface area contributed by atoms with Gasteiger partial charge in [0, 0.05) is 12.7 Å². The maximum absolute atomic E-state index is 10.9. The van der Waals surface area contributed by atoms with Crippen molar-refractivity contribution in [1.82, 2.24) is 0 Å². The average Bonchev–Trinajstić information content (AvgIpc) is 2.58. The molecular weight excluding hydrogens is 308 g/mol. The summed E-state index contributed by atoms with van der Waals surface area (Å²) in [5, 5.41) is 0.122. The van der Waals surface area contributed by atoms with Crippen molar-refractivity contribution in [2.75, 3.05) is 12.9 Å². The molecule has 0 heterocycles. The van der Waals surface area contributed by atoms with Gasteiger partial charge in [-0.15, -0.1) is 0 Å². The highest BCUT2D eigenvalue weighted by Gasteiger charge is 2.05. The van der Waals surface area contributed by atoms with Crippen LogP contribution in [0.25, 0.3) is 6.08 Å². The molecule has 2 aromatic rings. The number of carbonyl (C=O) groups is 1. The molecule has 0 aliphatic heterocycles. The molecule has 0 fully saturated rings. The van der Waals surface area contributed by atoms with Crippen LogP contribution in [-0.2, 0) is 11.4 Å². The fourth-order valence-corrected chi connectivity index (χ4v) is 2.42. The van der Waals surface area contributed by atoms with Crippen molar-refractivity contribution in [1.29, 1.82) is 0 Å². The van der Waals surface area contributed by atoms with Gasteiger partial charge in [0.25, 0.3) is 0 Å². The van der Waals surface area contributed by atoms with E-state index in [9.17, 15) is 4.79 Å². The first-order valence-electron chi connectivity index (χ1n) is 7.33. The summed E-state index contributed by atoms with van der Waals surface area (Å²) in [5.41, 5.74) is 2.12. The SMILES string of the molecule is COc1cc(C=CCSC(C)=O)ccc1OCc1ccccc1. The highest BCUT2D eigenvalue weighted by atomic mass is 32.2. The largest absolute Gasteiger partial charge is 0.493 e. The van der Waals surface area contributed by atoms with Gasteiger partial charge in [-0.25, -0.2) is 0 Å². The predicted octanol–water partition coefficient (Wildman–Crippen LogP) is 4.57. The monoisotopic (exact) mass is 328 g/mol. The molecule has 2 aromatic carbocycles. The maximum atomic E-state index is 10.9. The van der Waals surface area contributed by atoms with Gasteiger partial charge in [0.2, 0.25) is 0 Å². The van der Waals surface area contributed by atoms with Crippen LogP contribution in [0.4, 0.5) is 0 Å². The summed E-state index contributed by atoms with van der Waals surface area (Å²) in [6.07, 6.45) is 3.94. The van der Waals surface area contributed by atoms with Crippen LogP contribution in [0, 0.1) is 0 Å². The van der Waals surface area contributed by atoms with Crippen molar-refractivity contribution in [3.63, 3.8) is 0 Å². The van der Waals surface area contributed by atoms with Gasteiger partial charge in [0.05, 0.1) is 7.11 Å². The third kappa shape index (κ3) is 5.83. The lowest BCUT2D eigenvalue weighted by Gasteiger charge is -2.11. The molecule has 0 aliphatic carbocycles. The molecule has 120 valence electrons. The van der Waals surface area contributed by atoms with E-state index in [1.54, 1.807) is 14.0 Å². The number of ether oxygens (including phenoxy) is 2. The Morgan fingerprint density at radius 3 is 2.61 bits per heavy atom. The first-order chi connectivity index (χ1) is 11.2. The van der Waals surface area contributed by atoms with E-state index in [4.69, 9.17) is 9.47 Å². The van der Waals surface area contributed by atoms with Crippen LogP contribution in [0.1, 0.15) is 18.1 Å². The van der Waals surface area contributed by atoms with Crippen LogP contribution >= 0.6 is 11.8 Å². The first kappa shape index (κ1) is 17.2. The van der Waals surface area contributed by atoms with Crippen molar-refractivity contribution >= 4 is 23.0 Å².